The highest BCUT2D eigenvalue weighted by Gasteiger charge is 2.14. The van der Waals surface area contributed by atoms with Crippen molar-refractivity contribution in [3.05, 3.63) is 35.4 Å². The van der Waals surface area contributed by atoms with E-state index in [4.69, 9.17) is 0 Å². The molecule has 3 nitrogen and oxygen atoms in total. The summed E-state index contributed by atoms with van der Waals surface area (Å²) in [5.41, 5.74) is 6.22. The van der Waals surface area contributed by atoms with E-state index in [0.29, 0.717) is 6.42 Å². The largest absolute Gasteiger partial charge is 0.273 e. The van der Waals surface area contributed by atoms with Crippen LogP contribution in [0.25, 0.3) is 0 Å². The number of hydrazone groups is 1. The zero-order valence-corrected chi connectivity index (χ0v) is 10.9. The highest BCUT2D eigenvalue weighted by Crippen LogP contribution is 2.21. The lowest BCUT2D eigenvalue weighted by Gasteiger charge is -2.17. The second-order valence-corrected chi connectivity index (χ2v) is 4.71. The number of rotatable bonds is 4. The summed E-state index contributed by atoms with van der Waals surface area (Å²) in [6.07, 6.45) is 5.69. The van der Waals surface area contributed by atoms with Gasteiger partial charge in [-0.3, -0.25) is 4.79 Å². The number of fused-ring (bicyclic) bond motifs is 1. The summed E-state index contributed by atoms with van der Waals surface area (Å²) in [6, 6.07) is 8.31. The van der Waals surface area contributed by atoms with Crippen LogP contribution in [0.1, 0.15) is 50.2 Å². The topological polar surface area (TPSA) is 41.5 Å². The minimum absolute atomic E-state index is 0.0207. The van der Waals surface area contributed by atoms with Crippen molar-refractivity contribution in [1.29, 1.82) is 0 Å². The van der Waals surface area contributed by atoms with E-state index >= 15 is 0 Å². The average molecular weight is 244 g/mol. The van der Waals surface area contributed by atoms with Crippen molar-refractivity contribution in [3.8, 4) is 0 Å². The van der Waals surface area contributed by atoms with Gasteiger partial charge in [0.2, 0.25) is 5.91 Å². The minimum atomic E-state index is 0.0207. The van der Waals surface area contributed by atoms with Gasteiger partial charge in [0.15, 0.2) is 0 Å². The Kier molecular flexibility index (Phi) is 4.51. The van der Waals surface area contributed by atoms with E-state index in [9.17, 15) is 4.79 Å². The maximum Gasteiger partial charge on any atom is 0.240 e. The third-order valence-corrected chi connectivity index (χ3v) is 3.26. The Bertz CT molecular complexity index is 452. The molecule has 1 aromatic rings. The number of aryl methyl sites for hydroxylation is 1. The smallest absolute Gasteiger partial charge is 0.240 e. The van der Waals surface area contributed by atoms with Gasteiger partial charge in [0.25, 0.3) is 0 Å². The van der Waals surface area contributed by atoms with Crippen LogP contribution in [0, 0.1) is 0 Å². The summed E-state index contributed by atoms with van der Waals surface area (Å²) in [4.78, 5) is 11.5. The van der Waals surface area contributed by atoms with Gasteiger partial charge in [0.05, 0.1) is 5.71 Å². The maximum atomic E-state index is 11.5. The molecule has 2 rings (SSSR count). The van der Waals surface area contributed by atoms with E-state index in [1.807, 2.05) is 6.07 Å². The first-order valence-corrected chi connectivity index (χ1v) is 6.75. The predicted octanol–water partition coefficient (Wildman–Crippen LogP) is 3.03. The van der Waals surface area contributed by atoms with Gasteiger partial charge in [-0.25, -0.2) is 5.43 Å². The second kappa shape index (κ2) is 6.34. The van der Waals surface area contributed by atoms with Gasteiger partial charge < -0.3 is 0 Å². The SMILES string of the molecule is CCCCC(=O)NN=C1CCCc2ccccc21. The molecule has 0 aromatic heterocycles. The molecule has 0 bridgehead atoms. The summed E-state index contributed by atoms with van der Waals surface area (Å²) in [6.45, 7) is 2.08. The van der Waals surface area contributed by atoms with Gasteiger partial charge in [-0.1, -0.05) is 37.6 Å². The van der Waals surface area contributed by atoms with Gasteiger partial charge in [0.1, 0.15) is 0 Å². The van der Waals surface area contributed by atoms with E-state index < -0.39 is 0 Å². The van der Waals surface area contributed by atoms with Crippen LogP contribution in [-0.4, -0.2) is 11.6 Å². The fourth-order valence-electron chi connectivity index (χ4n) is 2.24. The lowest BCUT2D eigenvalue weighted by molar-refractivity contribution is -0.121. The molecule has 1 aliphatic rings. The van der Waals surface area contributed by atoms with E-state index in [1.54, 1.807) is 0 Å². The van der Waals surface area contributed by atoms with Crippen molar-refractivity contribution in [1.82, 2.24) is 5.43 Å². The Morgan fingerprint density at radius 3 is 3.00 bits per heavy atom. The Hall–Kier alpha value is -1.64. The average Bonchev–Trinajstić information content (AvgIpc) is 2.42. The van der Waals surface area contributed by atoms with Crippen molar-refractivity contribution in [2.45, 2.75) is 45.4 Å². The number of hydrogen-bond donors (Lipinski definition) is 1. The zero-order valence-electron chi connectivity index (χ0n) is 10.9. The predicted molar refractivity (Wildman–Crippen MR) is 73.6 cm³/mol. The van der Waals surface area contributed by atoms with Crippen LogP contribution in [0.3, 0.4) is 0 Å². The molecule has 3 heteroatoms. The molecular formula is C15H20N2O. The molecule has 1 aliphatic carbocycles. The quantitative estimate of drug-likeness (QED) is 0.813. The van der Waals surface area contributed by atoms with Gasteiger partial charge in [-0.2, -0.15) is 5.10 Å². The summed E-state index contributed by atoms with van der Waals surface area (Å²) in [5.74, 6) is 0.0207. The minimum Gasteiger partial charge on any atom is -0.273 e. The van der Waals surface area contributed by atoms with E-state index in [2.05, 4.69) is 35.7 Å². The van der Waals surface area contributed by atoms with E-state index in [-0.39, 0.29) is 5.91 Å². The van der Waals surface area contributed by atoms with Crippen LogP contribution < -0.4 is 5.43 Å². The van der Waals surface area contributed by atoms with Crippen LogP contribution in [-0.2, 0) is 11.2 Å². The third-order valence-electron chi connectivity index (χ3n) is 3.26. The Labute approximate surface area is 108 Å². The first kappa shape index (κ1) is 12.8. The van der Waals surface area contributed by atoms with Crippen LogP contribution in [0.4, 0.5) is 0 Å². The van der Waals surface area contributed by atoms with Crippen LogP contribution in [0.5, 0.6) is 0 Å². The monoisotopic (exact) mass is 244 g/mol. The number of hydrogen-bond acceptors (Lipinski definition) is 2. The van der Waals surface area contributed by atoms with Gasteiger partial charge in [-0.15, -0.1) is 0 Å². The first-order chi connectivity index (χ1) is 8.81. The number of carbonyl (C=O) groups is 1. The molecule has 1 amide bonds. The van der Waals surface area contributed by atoms with Crippen LogP contribution in [0.15, 0.2) is 29.4 Å². The lowest BCUT2D eigenvalue weighted by Crippen LogP contribution is -2.21. The highest BCUT2D eigenvalue weighted by molar-refractivity contribution is 6.03. The molecule has 0 saturated carbocycles. The number of unbranched alkanes of at least 4 members (excludes halogenated alkanes) is 1. The van der Waals surface area contributed by atoms with Crippen molar-refractivity contribution in [3.63, 3.8) is 0 Å². The molecule has 0 heterocycles. The summed E-state index contributed by atoms with van der Waals surface area (Å²) in [7, 11) is 0. The summed E-state index contributed by atoms with van der Waals surface area (Å²) in [5, 5.41) is 4.29. The standard InChI is InChI=1S/C15H20N2O/c1-2-3-11-15(18)17-16-14-10-6-8-12-7-4-5-9-13(12)14/h4-5,7,9H,2-3,6,8,10-11H2,1H3,(H,17,18). The van der Waals surface area contributed by atoms with Crippen molar-refractivity contribution >= 4 is 11.6 Å². The number of nitrogens with one attached hydrogen (secondary N) is 1. The number of nitrogens with zero attached hydrogens (tertiary/aromatic N) is 1. The fraction of sp³-hybridized carbons (Fsp3) is 0.467. The number of carbonyl (C=O) groups excluding carboxylic acids is 1. The van der Waals surface area contributed by atoms with Crippen LogP contribution >= 0.6 is 0 Å². The van der Waals surface area contributed by atoms with E-state index in [1.165, 1.54) is 11.1 Å². The third kappa shape index (κ3) is 3.19. The lowest BCUT2D eigenvalue weighted by atomic mass is 9.90. The Balaban J connectivity index is 2.04. The molecule has 0 unspecified atom stereocenters. The fourth-order valence-corrected chi connectivity index (χ4v) is 2.24. The van der Waals surface area contributed by atoms with Crippen molar-refractivity contribution in [2.24, 2.45) is 5.10 Å². The molecule has 0 saturated heterocycles. The number of amides is 1. The molecule has 0 atom stereocenters. The van der Waals surface area contributed by atoms with Gasteiger partial charge >= 0.3 is 0 Å². The molecule has 18 heavy (non-hydrogen) atoms. The Morgan fingerprint density at radius 1 is 1.33 bits per heavy atom. The zero-order chi connectivity index (χ0) is 12.8. The van der Waals surface area contributed by atoms with Gasteiger partial charge in [0, 0.05) is 12.0 Å². The summed E-state index contributed by atoms with van der Waals surface area (Å²) >= 11 is 0. The molecular weight excluding hydrogens is 224 g/mol. The Morgan fingerprint density at radius 2 is 2.17 bits per heavy atom. The first-order valence-electron chi connectivity index (χ1n) is 6.75. The van der Waals surface area contributed by atoms with E-state index in [0.717, 1.165) is 37.8 Å². The molecule has 96 valence electrons. The molecule has 1 aromatic carbocycles. The maximum absolute atomic E-state index is 11.5. The van der Waals surface area contributed by atoms with Gasteiger partial charge in [-0.05, 0) is 31.2 Å². The number of benzene rings is 1. The van der Waals surface area contributed by atoms with Crippen molar-refractivity contribution in [2.75, 3.05) is 0 Å². The molecule has 0 radical (unpaired) electrons. The molecule has 0 spiro atoms. The second-order valence-electron chi connectivity index (χ2n) is 4.71. The molecule has 0 fully saturated rings. The molecule has 1 N–H and O–H groups in total. The highest BCUT2D eigenvalue weighted by atomic mass is 16.2. The molecule has 0 aliphatic heterocycles. The summed E-state index contributed by atoms with van der Waals surface area (Å²) < 4.78 is 0. The van der Waals surface area contributed by atoms with Crippen molar-refractivity contribution < 1.29 is 4.79 Å². The van der Waals surface area contributed by atoms with Crippen LogP contribution in [0.2, 0.25) is 0 Å². The normalized spacial score (nSPS) is 16.4.